The van der Waals surface area contributed by atoms with Crippen LogP contribution in [0.4, 0.5) is 10.1 Å². The van der Waals surface area contributed by atoms with Crippen molar-refractivity contribution in [1.82, 2.24) is 9.88 Å². The Morgan fingerprint density at radius 1 is 0.935 bits per heavy atom. The summed E-state index contributed by atoms with van der Waals surface area (Å²) in [5.74, 6) is -1.11. The molecule has 6 heteroatoms. The zero-order chi connectivity index (χ0) is 21.4. The Hall–Kier alpha value is -3.80. The molecule has 3 heterocycles. The molecule has 0 fully saturated rings. The number of halogens is 1. The van der Waals surface area contributed by atoms with Crippen LogP contribution in [0.3, 0.4) is 0 Å². The van der Waals surface area contributed by atoms with E-state index >= 15 is 0 Å². The number of amides is 2. The lowest BCUT2D eigenvalue weighted by molar-refractivity contribution is -0.137. The highest BCUT2D eigenvalue weighted by atomic mass is 19.1. The minimum Gasteiger partial charge on any atom is -0.336 e. The average molecular weight is 413 g/mol. The molecule has 2 aliphatic rings. The Kier molecular flexibility index (Phi) is 4.82. The molecule has 0 atom stereocenters. The van der Waals surface area contributed by atoms with Gasteiger partial charge in [-0.25, -0.2) is 4.39 Å². The van der Waals surface area contributed by atoms with Crippen LogP contribution in [-0.2, 0) is 22.6 Å². The van der Waals surface area contributed by atoms with Gasteiger partial charge < -0.3 is 4.90 Å². The zero-order valence-corrected chi connectivity index (χ0v) is 16.8. The lowest BCUT2D eigenvalue weighted by Crippen LogP contribution is -2.36. The summed E-state index contributed by atoms with van der Waals surface area (Å²) in [7, 11) is 0. The number of carbonyl (C=O) groups excluding carboxylic acids is 2. The van der Waals surface area contributed by atoms with Gasteiger partial charge in [0, 0.05) is 24.6 Å². The Balaban J connectivity index is 1.63. The molecule has 0 saturated carbocycles. The molecule has 0 N–H and O–H groups in total. The van der Waals surface area contributed by atoms with Crippen molar-refractivity contribution in [1.29, 1.82) is 0 Å². The second-order valence-electron chi connectivity index (χ2n) is 7.67. The first-order valence-electron chi connectivity index (χ1n) is 10.2. The summed E-state index contributed by atoms with van der Waals surface area (Å²) in [6.45, 7) is 0.770. The summed E-state index contributed by atoms with van der Waals surface area (Å²) in [5, 5.41) is 0. The topological polar surface area (TPSA) is 53.5 Å². The summed E-state index contributed by atoms with van der Waals surface area (Å²) < 4.78 is 13.6. The molecular weight excluding hydrogens is 393 g/mol. The molecule has 0 spiro atoms. The van der Waals surface area contributed by atoms with Crippen molar-refractivity contribution < 1.29 is 14.0 Å². The predicted octanol–water partition coefficient (Wildman–Crippen LogP) is 3.95. The number of aryl methyl sites for hydroxylation is 1. The first kappa shape index (κ1) is 19.2. The van der Waals surface area contributed by atoms with Crippen LogP contribution in [0.1, 0.15) is 23.1 Å². The van der Waals surface area contributed by atoms with Crippen LogP contribution in [0, 0.1) is 5.82 Å². The molecule has 0 radical (unpaired) electrons. The van der Waals surface area contributed by atoms with E-state index in [9.17, 15) is 14.0 Å². The van der Waals surface area contributed by atoms with Crippen molar-refractivity contribution >= 4 is 23.1 Å². The second kappa shape index (κ2) is 7.80. The third-order valence-corrected chi connectivity index (χ3v) is 5.72. The number of imide groups is 1. The third kappa shape index (κ3) is 3.40. The Morgan fingerprint density at radius 2 is 1.74 bits per heavy atom. The summed E-state index contributed by atoms with van der Waals surface area (Å²) in [4.78, 5) is 34.4. The number of anilines is 1. The van der Waals surface area contributed by atoms with E-state index in [4.69, 9.17) is 0 Å². The van der Waals surface area contributed by atoms with Crippen molar-refractivity contribution in [3.63, 3.8) is 0 Å². The van der Waals surface area contributed by atoms with Gasteiger partial charge in [0.1, 0.15) is 11.5 Å². The molecule has 2 aromatic carbocycles. The van der Waals surface area contributed by atoms with Gasteiger partial charge in [-0.15, -0.1) is 0 Å². The van der Waals surface area contributed by atoms with Gasteiger partial charge in [0.2, 0.25) is 0 Å². The maximum absolute atomic E-state index is 13.6. The molecule has 0 unspecified atom stereocenters. The molecule has 5 nitrogen and oxygen atoms in total. The summed E-state index contributed by atoms with van der Waals surface area (Å²) in [6.07, 6.45) is 5.09. The van der Waals surface area contributed by atoms with Crippen LogP contribution >= 0.6 is 0 Å². The first-order valence-corrected chi connectivity index (χ1v) is 10.2. The molecule has 31 heavy (non-hydrogen) atoms. The van der Waals surface area contributed by atoms with Crippen LogP contribution in [0.2, 0.25) is 0 Å². The normalized spacial score (nSPS) is 16.2. The largest absolute Gasteiger partial charge is 0.336 e. The maximum atomic E-state index is 13.6. The standard InChI is InChI=1S/C25H20FN3O2/c26-20-11-9-19(10-12-20)22-23(28-14-4-7-18-6-1-2-8-21(18)28)25(31)29(24(22)30)16-17-5-3-13-27-15-17/h1-3,5-6,8-13,15H,4,7,14,16H2. The number of carbonyl (C=O) groups is 2. The quantitative estimate of drug-likeness (QED) is 0.608. The monoisotopic (exact) mass is 413 g/mol. The highest BCUT2D eigenvalue weighted by Gasteiger charge is 2.42. The number of nitrogens with zero attached hydrogens (tertiary/aromatic N) is 3. The van der Waals surface area contributed by atoms with Gasteiger partial charge in [0.05, 0.1) is 12.1 Å². The highest BCUT2D eigenvalue weighted by molar-refractivity contribution is 6.36. The molecular formula is C25H20FN3O2. The fourth-order valence-corrected chi connectivity index (χ4v) is 4.27. The number of pyridine rings is 1. The van der Waals surface area contributed by atoms with Crippen LogP contribution in [0.15, 0.2) is 78.8 Å². The van der Waals surface area contributed by atoms with E-state index in [2.05, 4.69) is 4.98 Å². The van der Waals surface area contributed by atoms with E-state index < -0.39 is 5.82 Å². The van der Waals surface area contributed by atoms with E-state index in [1.54, 1.807) is 30.6 Å². The Bertz CT molecular complexity index is 1190. The molecule has 0 bridgehead atoms. The minimum atomic E-state index is -0.391. The zero-order valence-electron chi connectivity index (χ0n) is 16.8. The summed E-state index contributed by atoms with van der Waals surface area (Å²) in [5.41, 5.74) is 4.05. The molecule has 0 saturated heterocycles. The molecule has 3 aromatic rings. The van der Waals surface area contributed by atoms with E-state index in [0.717, 1.165) is 29.7 Å². The molecule has 154 valence electrons. The second-order valence-corrected chi connectivity index (χ2v) is 7.67. The van der Waals surface area contributed by atoms with Gasteiger partial charge in [-0.3, -0.25) is 19.5 Å². The van der Waals surface area contributed by atoms with E-state index in [1.165, 1.54) is 17.0 Å². The van der Waals surface area contributed by atoms with Gasteiger partial charge >= 0.3 is 0 Å². The number of para-hydroxylation sites is 1. The molecule has 0 aliphatic carbocycles. The van der Waals surface area contributed by atoms with Crippen LogP contribution in [0.5, 0.6) is 0 Å². The number of rotatable bonds is 4. The SMILES string of the molecule is O=C1C(c2ccc(F)cc2)=C(N2CCCc3ccccc32)C(=O)N1Cc1cccnc1. The van der Waals surface area contributed by atoms with Crippen LogP contribution in [-0.4, -0.2) is 28.2 Å². The van der Waals surface area contributed by atoms with Gasteiger partial charge in [0.15, 0.2) is 0 Å². The molecule has 2 aliphatic heterocycles. The van der Waals surface area contributed by atoms with Crippen molar-refractivity contribution in [2.75, 3.05) is 11.4 Å². The predicted molar refractivity (Wildman–Crippen MR) is 115 cm³/mol. The molecule has 5 rings (SSSR count). The van der Waals surface area contributed by atoms with E-state index in [0.29, 0.717) is 23.4 Å². The lowest BCUT2D eigenvalue weighted by atomic mass is 9.98. The number of benzene rings is 2. The van der Waals surface area contributed by atoms with Crippen LogP contribution < -0.4 is 4.90 Å². The molecule has 1 aromatic heterocycles. The summed E-state index contributed by atoms with van der Waals surface area (Å²) in [6, 6.07) is 17.3. The fraction of sp³-hybridized carbons (Fsp3) is 0.160. The van der Waals surface area contributed by atoms with Crippen molar-refractivity contribution in [2.45, 2.75) is 19.4 Å². The fourth-order valence-electron chi connectivity index (χ4n) is 4.27. The number of aromatic nitrogens is 1. The van der Waals surface area contributed by atoms with Gasteiger partial charge in [-0.05, 0) is 53.8 Å². The first-order chi connectivity index (χ1) is 15.1. The Labute approximate surface area is 179 Å². The maximum Gasteiger partial charge on any atom is 0.278 e. The van der Waals surface area contributed by atoms with Crippen molar-refractivity contribution in [3.8, 4) is 0 Å². The van der Waals surface area contributed by atoms with E-state index in [1.807, 2.05) is 35.2 Å². The van der Waals surface area contributed by atoms with E-state index in [-0.39, 0.29) is 18.4 Å². The van der Waals surface area contributed by atoms with Gasteiger partial charge in [0.25, 0.3) is 11.8 Å². The van der Waals surface area contributed by atoms with Crippen molar-refractivity contribution in [3.05, 3.63) is 101 Å². The molecule has 2 amide bonds. The van der Waals surface area contributed by atoms with Gasteiger partial charge in [-0.2, -0.15) is 0 Å². The number of hydrogen-bond acceptors (Lipinski definition) is 4. The minimum absolute atomic E-state index is 0.134. The summed E-state index contributed by atoms with van der Waals surface area (Å²) >= 11 is 0. The number of hydrogen-bond donors (Lipinski definition) is 0. The van der Waals surface area contributed by atoms with Crippen LogP contribution in [0.25, 0.3) is 5.57 Å². The van der Waals surface area contributed by atoms with Crippen molar-refractivity contribution in [2.24, 2.45) is 0 Å². The lowest BCUT2D eigenvalue weighted by Gasteiger charge is -2.32. The van der Waals surface area contributed by atoms with Gasteiger partial charge in [-0.1, -0.05) is 36.4 Å². The third-order valence-electron chi connectivity index (χ3n) is 5.72. The Morgan fingerprint density at radius 3 is 2.52 bits per heavy atom. The smallest absolute Gasteiger partial charge is 0.278 e. The highest BCUT2D eigenvalue weighted by Crippen LogP contribution is 2.38. The number of fused-ring (bicyclic) bond motifs is 1. The average Bonchev–Trinajstić information content (AvgIpc) is 3.04.